The molecular formula is C19H34O2. The van der Waals surface area contributed by atoms with E-state index >= 15 is 0 Å². The Bertz CT molecular complexity index is 349. The molecule has 0 amide bonds. The van der Waals surface area contributed by atoms with Crippen molar-refractivity contribution in [1.29, 1.82) is 0 Å². The van der Waals surface area contributed by atoms with E-state index in [1.807, 2.05) is 0 Å². The second-order valence-electron chi connectivity index (χ2n) is 8.11. The number of hydrogen-bond acceptors (Lipinski definition) is 2. The molecule has 2 aliphatic rings. The Kier molecular flexibility index (Phi) is 5.88. The molecule has 0 bridgehead atoms. The monoisotopic (exact) mass is 294 g/mol. The molecule has 0 spiro atoms. The Hall–Kier alpha value is -0.370. The number of hydrogen-bond donors (Lipinski definition) is 0. The van der Waals surface area contributed by atoms with Crippen molar-refractivity contribution in [2.24, 2.45) is 17.8 Å². The van der Waals surface area contributed by atoms with Gasteiger partial charge in [0.25, 0.3) is 0 Å². The molecule has 0 aromatic rings. The summed E-state index contributed by atoms with van der Waals surface area (Å²) < 4.78 is 5.75. The minimum absolute atomic E-state index is 0.118. The first-order valence-electron chi connectivity index (χ1n) is 9.13. The van der Waals surface area contributed by atoms with Crippen molar-refractivity contribution in [1.82, 2.24) is 0 Å². The largest absolute Gasteiger partial charge is 0.366 e. The maximum atomic E-state index is 12.4. The van der Waals surface area contributed by atoms with Crippen LogP contribution in [0.2, 0.25) is 0 Å². The zero-order chi connectivity index (χ0) is 15.5. The highest BCUT2D eigenvalue weighted by molar-refractivity contribution is 5.81. The quantitative estimate of drug-likeness (QED) is 0.435. The number of fused-ring (bicyclic) bond motifs is 1. The zero-order valence-electron chi connectivity index (χ0n) is 14.5. The number of ether oxygens (including phenoxy) is 1. The standard InChI is InChI=1S/C19H34O2/c1-14(2)10-8-6-5-7-9-11-17(20)16-12-18-19(4,21-18)13-15(16)3/h14-16,18H,5-13H2,1-4H3. The van der Waals surface area contributed by atoms with Crippen molar-refractivity contribution in [3.8, 4) is 0 Å². The number of unbranched alkanes of at least 4 members (excludes halogenated alkanes) is 4. The van der Waals surface area contributed by atoms with Gasteiger partial charge < -0.3 is 4.74 Å². The third-order valence-electron chi connectivity index (χ3n) is 5.54. The van der Waals surface area contributed by atoms with Crippen LogP contribution in [0.1, 0.15) is 85.5 Å². The van der Waals surface area contributed by atoms with E-state index in [2.05, 4.69) is 27.7 Å². The Labute approximate surface area is 131 Å². The van der Waals surface area contributed by atoms with Crippen molar-refractivity contribution < 1.29 is 9.53 Å². The smallest absolute Gasteiger partial charge is 0.136 e. The summed E-state index contributed by atoms with van der Waals surface area (Å²) in [5.74, 6) is 2.11. The van der Waals surface area contributed by atoms with Gasteiger partial charge in [-0.15, -0.1) is 0 Å². The first-order valence-corrected chi connectivity index (χ1v) is 9.13. The molecular weight excluding hydrogens is 260 g/mol. The van der Waals surface area contributed by atoms with Crippen LogP contribution in [0.25, 0.3) is 0 Å². The minimum atomic E-state index is 0.118. The van der Waals surface area contributed by atoms with Crippen molar-refractivity contribution in [2.75, 3.05) is 0 Å². The fourth-order valence-electron chi connectivity index (χ4n) is 4.03. The number of carbonyl (C=O) groups is 1. The molecule has 2 nitrogen and oxygen atoms in total. The van der Waals surface area contributed by atoms with Gasteiger partial charge in [0.15, 0.2) is 0 Å². The molecule has 0 N–H and O–H groups in total. The van der Waals surface area contributed by atoms with Crippen LogP contribution in [-0.4, -0.2) is 17.5 Å². The van der Waals surface area contributed by atoms with Gasteiger partial charge in [-0.2, -0.15) is 0 Å². The van der Waals surface area contributed by atoms with E-state index in [4.69, 9.17) is 4.74 Å². The van der Waals surface area contributed by atoms with E-state index < -0.39 is 0 Å². The van der Waals surface area contributed by atoms with Crippen LogP contribution >= 0.6 is 0 Å². The number of carbonyl (C=O) groups excluding carboxylic acids is 1. The Morgan fingerprint density at radius 3 is 2.57 bits per heavy atom. The maximum Gasteiger partial charge on any atom is 0.136 e. The summed E-state index contributed by atoms with van der Waals surface area (Å²) in [4.78, 5) is 12.4. The van der Waals surface area contributed by atoms with E-state index in [1.165, 1.54) is 32.1 Å². The summed E-state index contributed by atoms with van der Waals surface area (Å²) in [6, 6.07) is 0. The molecule has 2 heteroatoms. The van der Waals surface area contributed by atoms with Crippen molar-refractivity contribution >= 4 is 5.78 Å². The fourth-order valence-corrected chi connectivity index (χ4v) is 4.03. The first-order chi connectivity index (χ1) is 9.92. The van der Waals surface area contributed by atoms with E-state index in [1.54, 1.807) is 0 Å². The molecule has 122 valence electrons. The van der Waals surface area contributed by atoms with E-state index in [0.29, 0.717) is 17.8 Å². The molecule has 21 heavy (non-hydrogen) atoms. The molecule has 1 saturated carbocycles. The van der Waals surface area contributed by atoms with Crippen LogP contribution in [0.5, 0.6) is 0 Å². The van der Waals surface area contributed by atoms with Gasteiger partial charge in [-0.3, -0.25) is 4.79 Å². The molecule has 2 fully saturated rings. The predicted molar refractivity (Wildman–Crippen MR) is 87.3 cm³/mol. The molecule has 4 atom stereocenters. The Morgan fingerprint density at radius 1 is 1.19 bits per heavy atom. The van der Waals surface area contributed by atoms with E-state index in [-0.39, 0.29) is 11.5 Å². The van der Waals surface area contributed by atoms with Gasteiger partial charge >= 0.3 is 0 Å². The van der Waals surface area contributed by atoms with Crippen LogP contribution < -0.4 is 0 Å². The molecule has 0 radical (unpaired) electrons. The highest BCUT2D eigenvalue weighted by Gasteiger charge is 2.58. The summed E-state index contributed by atoms with van der Waals surface area (Å²) in [7, 11) is 0. The first kappa shape index (κ1) is 17.0. The summed E-state index contributed by atoms with van der Waals surface area (Å²) in [6.07, 6.45) is 10.9. The van der Waals surface area contributed by atoms with E-state index in [0.717, 1.165) is 31.6 Å². The average Bonchev–Trinajstić information content (AvgIpc) is 3.05. The van der Waals surface area contributed by atoms with Crippen molar-refractivity contribution in [2.45, 2.75) is 97.2 Å². The molecule has 1 aliphatic carbocycles. The molecule has 2 rings (SSSR count). The molecule has 1 heterocycles. The summed E-state index contributed by atoms with van der Waals surface area (Å²) in [5, 5.41) is 0. The van der Waals surface area contributed by atoms with Gasteiger partial charge in [-0.25, -0.2) is 0 Å². The van der Waals surface area contributed by atoms with Gasteiger partial charge in [-0.05, 0) is 38.0 Å². The van der Waals surface area contributed by atoms with Gasteiger partial charge in [0, 0.05) is 12.3 Å². The second kappa shape index (κ2) is 7.26. The van der Waals surface area contributed by atoms with E-state index in [9.17, 15) is 4.79 Å². The number of rotatable bonds is 9. The van der Waals surface area contributed by atoms with Crippen LogP contribution in [0.3, 0.4) is 0 Å². The topological polar surface area (TPSA) is 29.6 Å². The summed E-state index contributed by atoms with van der Waals surface area (Å²) >= 11 is 0. The van der Waals surface area contributed by atoms with Gasteiger partial charge in [0.1, 0.15) is 5.78 Å². The van der Waals surface area contributed by atoms with Crippen molar-refractivity contribution in [3.05, 3.63) is 0 Å². The summed E-state index contributed by atoms with van der Waals surface area (Å²) in [5.41, 5.74) is 0.118. The van der Waals surface area contributed by atoms with Gasteiger partial charge in [-0.1, -0.05) is 52.9 Å². The lowest BCUT2D eigenvalue weighted by Gasteiger charge is -2.28. The highest BCUT2D eigenvalue weighted by atomic mass is 16.6. The van der Waals surface area contributed by atoms with Crippen LogP contribution in [0.4, 0.5) is 0 Å². The van der Waals surface area contributed by atoms with Gasteiger partial charge in [0.05, 0.1) is 11.7 Å². The van der Waals surface area contributed by atoms with Crippen LogP contribution in [0.15, 0.2) is 0 Å². The number of epoxide rings is 1. The lowest BCUT2D eigenvalue weighted by molar-refractivity contribution is -0.125. The number of Topliss-reactive ketones (excluding diaryl/α,β-unsaturated/α-hetero) is 1. The lowest BCUT2D eigenvalue weighted by atomic mass is 9.73. The average molecular weight is 294 g/mol. The van der Waals surface area contributed by atoms with Crippen LogP contribution in [0, 0.1) is 17.8 Å². The SMILES string of the molecule is CC(C)CCCCCCCC(=O)C1CC2OC2(C)CC1C. The highest BCUT2D eigenvalue weighted by Crippen LogP contribution is 2.51. The summed E-state index contributed by atoms with van der Waals surface area (Å²) in [6.45, 7) is 9.01. The van der Waals surface area contributed by atoms with Crippen molar-refractivity contribution in [3.63, 3.8) is 0 Å². The molecule has 4 unspecified atom stereocenters. The maximum absolute atomic E-state index is 12.4. The second-order valence-corrected chi connectivity index (χ2v) is 8.11. The predicted octanol–water partition coefficient (Wildman–Crippen LogP) is 5.15. The minimum Gasteiger partial charge on any atom is -0.366 e. The molecule has 1 saturated heterocycles. The normalized spacial score (nSPS) is 34.8. The zero-order valence-corrected chi connectivity index (χ0v) is 14.5. The molecule has 0 aromatic carbocycles. The lowest BCUT2D eigenvalue weighted by Crippen LogP contribution is -2.33. The van der Waals surface area contributed by atoms with Gasteiger partial charge in [0.2, 0.25) is 0 Å². The third kappa shape index (κ3) is 4.81. The van der Waals surface area contributed by atoms with Crippen LogP contribution in [-0.2, 0) is 9.53 Å². The Morgan fingerprint density at radius 2 is 1.86 bits per heavy atom. The third-order valence-corrected chi connectivity index (χ3v) is 5.54. The Balaban J connectivity index is 1.55. The fraction of sp³-hybridized carbons (Fsp3) is 0.947. The molecule has 0 aromatic heterocycles. The molecule has 1 aliphatic heterocycles. The number of ketones is 1.